The predicted molar refractivity (Wildman–Crippen MR) is 71.5 cm³/mol. The van der Waals surface area contributed by atoms with Gasteiger partial charge in [0.05, 0.1) is 0 Å². The molecule has 1 atom stereocenters. The van der Waals surface area contributed by atoms with Gasteiger partial charge in [0.25, 0.3) is 0 Å². The highest BCUT2D eigenvalue weighted by molar-refractivity contribution is 7.15. The Balaban J connectivity index is 2.38. The Morgan fingerprint density at radius 2 is 1.95 bits per heavy atom. The fourth-order valence-electron chi connectivity index (χ4n) is 1.89. The minimum Gasteiger partial charge on any atom is -0.323 e. The van der Waals surface area contributed by atoms with E-state index in [2.05, 4.69) is 0 Å². The highest BCUT2D eigenvalue weighted by Gasteiger charge is 2.16. The molecule has 0 aliphatic rings. The Morgan fingerprint density at radius 3 is 2.63 bits per heavy atom. The van der Waals surface area contributed by atoms with Crippen LogP contribution in [-0.4, -0.2) is 0 Å². The second kappa shape index (κ2) is 5.75. The molecular formula is C14H14F3NS. The molecule has 2 aromatic rings. The third-order valence-electron chi connectivity index (χ3n) is 2.85. The summed E-state index contributed by atoms with van der Waals surface area (Å²) in [5, 5.41) is 0. The first kappa shape index (κ1) is 14.1. The summed E-state index contributed by atoms with van der Waals surface area (Å²) in [7, 11) is 0. The van der Waals surface area contributed by atoms with Crippen LogP contribution in [0.4, 0.5) is 13.2 Å². The van der Waals surface area contributed by atoms with Crippen LogP contribution < -0.4 is 5.73 Å². The number of hydrogen-bond acceptors (Lipinski definition) is 2. The molecule has 2 N–H and O–H groups in total. The van der Waals surface area contributed by atoms with Crippen LogP contribution >= 0.6 is 11.3 Å². The van der Waals surface area contributed by atoms with Crippen LogP contribution in [0.5, 0.6) is 0 Å². The average Bonchev–Trinajstić information content (AvgIpc) is 2.83. The molecule has 1 aromatic heterocycles. The summed E-state index contributed by atoms with van der Waals surface area (Å²) >= 11 is 1.27. The van der Waals surface area contributed by atoms with Crippen molar-refractivity contribution in [2.75, 3.05) is 0 Å². The lowest BCUT2D eigenvalue weighted by Gasteiger charge is -2.06. The molecule has 1 aromatic carbocycles. The Hall–Kier alpha value is -1.33. The Morgan fingerprint density at radius 1 is 1.21 bits per heavy atom. The van der Waals surface area contributed by atoms with Crippen LogP contribution in [-0.2, 0) is 0 Å². The summed E-state index contributed by atoms with van der Waals surface area (Å²) in [6, 6.07) is 4.84. The van der Waals surface area contributed by atoms with E-state index in [0.717, 1.165) is 23.8 Å². The van der Waals surface area contributed by atoms with Gasteiger partial charge in [0.1, 0.15) is 5.82 Å². The standard InChI is InChI=1S/C14H14F3NS/c1-2-3-11(18)13-5-4-12(19-13)9-6-8(15)7-10(16)14(9)17/h4-7,11H,2-3,18H2,1H3. The molecule has 0 saturated heterocycles. The molecule has 1 heterocycles. The van der Waals surface area contributed by atoms with Crippen molar-refractivity contribution in [1.82, 2.24) is 0 Å². The Kier molecular flexibility index (Phi) is 4.27. The van der Waals surface area contributed by atoms with Crippen molar-refractivity contribution in [3.8, 4) is 10.4 Å². The lowest BCUT2D eigenvalue weighted by Crippen LogP contribution is -2.07. The van der Waals surface area contributed by atoms with Gasteiger partial charge in [-0.05, 0) is 24.6 Å². The highest BCUT2D eigenvalue weighted by Crippen LogP contribution is 2.34. The molecular weight excluding hydrogens is 271 g/mol. The molecule has 0 aliphatic carbocycles. The van der Waals surface area contributed by atoms with Gasteiger partial charge >= 0.3 is 0 Å². The SMILES string of the molecule is CCCC(N)c1ccc(-c2cc(F)cc(F)c2F)s1. The largest absolute Gasteiger partial charge is 0.323 e. The third kappa shape index (κ3) is 2.98. The van der Waals surface area contributed by atoms with Gasteiger partial charge in [-0.2, -0.15) is 0 Å². The Bertz CT molecular complexity index is 580. The summed E-state index contributed by atoms with van der Waals surface area (Å²) < 4.78 is 40.0. The molecule has 1 unspecified atom stereocenters. The van der Waals surface area contributed by atoms with E-state index >= 15 is 0 Å². The number of halogens is 3. The van der Waals surface area contributed by atoms with Crippen molar-refractivity contribution >= 4 is 11.3 Å². The quantitative estimate of drug-likeness (QED) is 0.814. The maximum absolute atomic E-state index is 13.7. The first-order valence-electron chi connectivity index (χ1n) is 6.03. The molecule has 0 bridgehead atoms. The lowest BCUT2D eigenvalue weighted by atomic mass is 10.1. The zero-order chi connectivity index (χ0) is 14.0. The van der Waals surface area contributed by atoms with Crippen LogP contribution in [0.15, 0.2) is 24.3 Å². The molecule has 0 amide bonds. The molecule has 0 saturated carbocycles. The number of nitrogens with two attached hydrogens (primary N) is 1. The molecule has 102 valence electrons. The average molecular weight is 285 g/mol. The van der Waals surface area contributed by atoms with E-state index < -0.39 is 17.5 Å². The van der Waals surface area contributed by atoms with E-state index in [0.29, 0.717) is 10.9 Å². The van der Waals surface area contributed by atoms with Gasteiger partial charge in [-0.3, -0.25) is 0 Å². The minimum atomic E-state index is -1.18. The second-order valence-corrected chi connectivity index (χ2v) is 5.46. The fraction of sp³-hybridized carbons (Fsp3) is 0.286. The molecule has 5 heteroatoms. The minimum absolute atomic E-state index is 0.0579. The molecule has 2 rings (SSSR count). The van der Waals surface area contributed by atoms with E-state index in [1.54, 1.807) is 12.1 Å². The summed E-state index contributed by atoms with van der Waals surface area (Å²) in [5.74, 6) is -3.00. The van der Waals surface area contributed by atoms with Gasteiger partial charge in [0.2, 0.25) is 0 Å². The monoisotopic (exact) mass is 285 g/mol. The van der Waals surface area contributed by atoms with Crippen LogP contribution in [0.2, 0.25) is 0 Å². The summed E-state index contributed by atoms with van der Waals surface area (Å²) in [6.07, 6.45) is 1.76. The maximum atomic E-state index is 13.7. The molecule has 0 spiro atoms. The normalized spacial score (nSPS) is 12.7. The topological polar surface area (TPSA) is 26.0 Å². The van der Waals surface area contributed by atoms with Gasteiger partial charge in [0.15, 0.2) is 11.6 Å². The van der Waals surface area contributed by atoms with E-state index in [4.69, 9.17) is 5.73 Å². The van der Waals surface area contributed by atoms with Crippen LogP contribution in [0.25, 0.3) is 10.4 Å². The number of benzene rings is 1. The highest BCUT2D eigenvalue weighted by atomic mass is 32.1. The molecule has 19 heavy (non-hydrogen) atoms. The smallest absolute Gasteiger partial charge is 0.167 e. The van der Waals surface area contributed by atoms with Crippen molar-refractivity contribution in [3.05, 3.63) is 46.6 Å². The van der Waals surface area contributed by atoms with Crippen molar-refractivity contribution in [2.24, 2.45) is 5.73 Å². The fourth-order valence-corrected chi connectivity index (χ4v) is 2.94. The zero-order valence-electron chi connectivity index (χ0n) is 10.4. The van der Waals surface area contributed by atoms with Gasteiger partial charge in [0, 0.05) is 27.4 Å². The van der Waals surface area contributed by atoms with Crippen LogP contribution in [0.1, 0.15) is 30.7 Å². The molecule has 0 radical (unpaired) electrons. The van der Waals surface area contributed by atoms with Gasteiger partial charge in [-0.25, -0.2) is 13.2 Å². The van der Waals surface area contributed by atoms with E-state index in [1.807, 2.05) is 6.92 Å². The van der Waals surface area contributed by atoms with Crippen molar-refractivity contribution < 1.29 is 13.2 Å². The summed E-state index contributed by atoms with van der Waals surface area (Å²) in [5.41, 5.74) is 5.91. The molecule has 0 aliphatic heterocycles. The second-order valence-electron chi connectivity index (χ2n) is 4.35. The Labute approximate surface area is 113 Å². The summed E-state index contributed by atoms with van der Waals surface area (Å²) in [6.45, 7) is 2.02. The first-order chi connectivity index (χ1) is 9.02. The lowest BCUT2D eigenvalue weighted by molar-refractivity contribution is 0.498. The third-order valence-corrected chi connectivity index (χ3v) is 4.10. The van der Waals surface area contributed by atoms with E-state index in [1.165, 1.54) is 11.3 Å². The molecule has 1 nitrogen and oxygen atoms in total. The van der Waals surface area contributed by atoms with Crippen LogP contribution in [0, 0.1) is 17.5 Å². The first-order valence-corrected chi connectivity index (χ1v) is 6.84. The van der Waals surface area contributed by atoms with Crippen molar-refractivity contribution in [3.63, 3.8) is 0 Å². The number of hydrogen-bond donors (Lipinski definition) is 1. The summed E-state index contributed by atoms with van der Waals surface area (Å²) in [4.78, 5) is 1.37. The van der Waals surface area contributed by atoms with Crippen molar-refractivity contribution in [2.45, 2.75) is 25.8 Å². The predicted octanol–water partition coefficient (Wildman–Crippen LogP) is 4.63. The number of thiophene rings is 1. The van der Waals surface area contributed by atoms with E-state index in [-0.39, 0.29) is 11.6 Å². The van der Waals surface area contributed by atoms with Gasteiger partial charge in [-0.1, -0.05) is 13.3 Å². The van der Waals surface area contributed by atoms with Gasteiger partial charge < -0.3 is 5.73 Å². The van der Waals surface area contributed by atoms with Crippen molar-refractivity contribution in [1.29, 1.82) is 0 Å². The van der Waals surface area contributed by atoms with E-state index in [9.17, 15) is 13.2 Å². The van der Waals surface area contributed by atoms with Crippen LogP contribution in [0.3, 0.4) is 0 Å². The maximum Gasteiger partial charge on any atom is 0.167 e. The molecule has 0 fully saturated rings. The zero-order valence-corrected chi connectivity index (χ0v) is 11.2. The number of rotatable bonds is 4. The van der Waals surface area contributed by atoms with Gasteiger partial charge in [-0.15, -0.1) is 11.3 Å².